The number of nitrogens with zero attached hydrogens (tertiary/aromatic N) is 1. The first-order valence-corrected chi connectivity index (χ1v) is 9.77. The minimum atomic E-state index is -1.41. The number of nitro groups is 1. The summed E-state index contributed by atoms with van der Waals surface area (Å²) in [6, 6.07) is 13.1. The fourth-order valence-electron chi connectivity index (χ4n) is 3.15. The van der Waals surface area contributed by atoms with Crippen LogP contribution < -0.4 is 5.32 Å². The van der Waals surface area contributed by atoms with E-state index in [-0.39, 0.29) is 25.1 Å². The zero-order valence-corrected chi connectivity index (χ0v) is 17.0. The van der Waals surface area contributed by atoms with Crippen LogP contribution in [0.2, 0.25) is 0 Å². The van der Waals surface area contributed by atoms with E-state index in [1.807, 2.05) is 30.3 Å². The Bertz CT molecular complexity index is 913. The highest BCUT2D eigenvalue weighted by atomic mass is 16.6. The van der Waals surface area contributed by atoms with Gasteiger partial charge < -0.3 is 15.2 Å². The molecule has 2 aromatic rings. The number of amides is 1. The van der Waals surface area contributed by atoms with Crippen molar-refractivity contribution >= 4 is 23.5 Å². The van der Waals surface area contributed by atoms with E-state index in [2.05, 4.69) is 5.32 Å². The number of benzene rings is 2. The number of hydrogen-bond acceptors (Lipinski definition) is 6. The maximum Gasteiger partial charge on any atom is 0.326 e. The lowest BCUT2D eigenvalue weighted by Gasteiger charge is -2.25. The molecule has 2 N–H and O–H groups in total. The maximum absolute atomic E-state index is 12.4. The summed E-state index contributed by atoms with van der Waals surface area (Å²) in [6.45, 7) is 1.74. The Kier molecular flexibility index (Phi) is 8.68. The van der Waals surface area contributed by atoms with Crippen LogP contribution in [0.5, 0.6) is 0 Å². The summed E-state index contributed by atoms with van der Waals surface area (Å²) >= 11 is 0. The lowest BCUT2D eigenvalue weighted by molar-refractivity contribution is -0.384. The molecular formula is C22H24N2O7. The smallest absolute Gasteiger partial charge is 0.326 e. The molecule has 0 aliphatic carbocycles. The quantitative estimate of drug-likeness (QED) is 0.319. The number of esters is 1. The molecule has 0 unspecified atom stereocenters. The van der Waals surface area contributed by atoms with Crippen molar-refractivity contribution in [2.24, 2.45) is 0 Å². The summed E-state index contributed by atoms with van der Waals surface area (Å²) in [7, 11) is 0. The van der Waals surface area contributed by atoms with Gasteiger partial charge in [-0.3, -0.25) is 19.7 Å². The van der Waals surface area contributed by atoms with Gasteiger partial charge in [0.15, 0.2) is 0 Å². The maximum atomic E-state index is 12.4. The second-order valence-electron chi connectivity index (χ2n) is 6.83. The number of carbonyl (C=O) groups excluding carboxylic acids is 2. The van der Waals surface area contributed by atoms with Crippen molar-refractivity contribution in [2.75, 3.05) is 6.61 Å². The lowest BCUT2D eigenvalue weighted by Crippen LogP contribution is -2.45. The van der Waals surface area contributed by atoms with Gasteiger partial charge in [-0.2, -0.15) is 0 Å². The largest absolute Gasteiger partial charge is 0.480 e. The van der Waals surface area contributed by atoms with Gasteiger partial charge in [0.1, 0.15) is 6.04 Å². The standard InChI is InChI=1S/C22H24N2O7/c1-2-31-20(26)14-18(16-9-11-17(12-10-16)24(29)30)21(22(27)28)23-19(25)13-8-15-6-4-3-5-7-15/h3-7,9-12,18,21H,2,8,13-14H2,1H3,(H,23,25)(H,27,28)/t18-,21+/m1/s1. The highest BCUT2D eigenvalue weighted by Crippen LogP contribution is 2.27. The highest BCUT2D eigenvalue weighted by molar-refractivity contribution is 5.85. The number of non-ortho nitro benzene ring substituents is 1. The van der Waals surface area contributed by atoms with E-state index < -0.39 is 34.7 Å². The third-order valence-corrected chi connectivity index (χ3v) is 4.69. The average molecular weight is 428 g/mol. The zero-order chi connectivity index (χ0) is 22.8. The normalized spacial score (nSPS) is 12.4. The first-order chi connectivity index (χ1) is 14.8. The van der Waals surface area contributed by atoms with Gasteiger partial charge in [0.2, 0.25) is 5.91 Å². The molecule has 0 saturated carbocycles. The Labute approximate surface area is 179 Å². The molecule has 0 aromatic heterocycles. The Morgan fingerprint density at radius 2 is 1.74 bits per heavy atom. The molecule has 0 radical (unpaired) electrons. The predicted octanol–water partition coefficient (Wildman–Crippen LogP) is 2.83. The molecular weight excluding hydrogens is 404 g/mol. The Morgan fingerprint density at radius 1 is 1.10 bits per heavy atom. The lowest BCUT2D eigenvalue weighted by atomic mass is 9.88. The van der Waals surface area contributed by atoms with Gasteiger partial charge in [0, 0.05) is 24.5 Å². The van der Waals surface area contributed by atoms with E-state index >= 15 is 0 Å². The summed E-state index contributed by atoms with van der Waals surface area (Å²) in [6.07, 6.45) is 0.195. The molecule has 0 aliphatic heterocycles. The van der Waals surface area contributed by atoms with Crippen molar-refractivity contribution in [3.63, 3.8) is 0 Å². The van der Waals surface area contributed by atoms with Crippen LogP contribution in [0.3, 0.4) is 0 Å². The summed E-state index contributed by atoms with van der Waals surface area (Å²) in [5, 5.41) is 23.1. The van der Waals surface area contributed by atoms with Gasteiger partial charge in [0.25, 0.3) is 5.69 Å². The van der Waals surface area contributed by atoms with Crippen LogP contribution in [0, 0.1) is 10.1 Å². The number of nitro benzene ring substituents is 1. The van der Waals surface area contributed by atoms with E-state index in [4.69, 9.17) is 4.74 Å². The minimum Gasteiger partial charge on any atom is -0.480 e. The predicted molar refractivity (Wildman–Crippen MR) is 111 cm³/mol. The van der Waals surface area contributed by atoms with E-state index in [9.17, 15) is 29.6 Å². The number of carbonyl (C=O) groups is 3. The first kappa shape index (κ1) is 23.5. The Hall–Kier alpha value is -3.75. The summed E-state index contributed by atoms with van der Waals surface area (Å²) in [4.78, 5) is 46.8. The Morgan fingerprint density at radius 3 is 2.29 bits per heavy atom. The van der Waals surface area contributed by atoms with Crippen molar-refractivity contribution in [2.45, 2.75) is 38.1 Å². The van der Waals surface area contributed by atoms with E-state index in [1.54, 1.807) is 6.92 Å². The van der Waals surface area contributed by atoms with Crippen LogP contribution in [-0.2, 0) is 25.5 Å². The second-order valence-corrected chi connectivity index (χ2v) is 6.83. The van der Waals surface area contributed by atoms with Crippen LogP contribution in [0.4, 0.5) is 5.69 Å². The zero-order valence-electron chi connectivity index (χ0n) is 17.0. The van der Waals surface area contributed by atoms with Gasteiger partial charge in [-0.05, 0) is 24.5 Å². The van der Waals surface area contributed by atoms with Crippen LogP contribution in [0.15, 0.2) is 54.6 Å². The monoisotopic (exact) mass is 428 g/mol. The molecule has 0 heterocycles. The molecule has 2 aromatic carbocycles. The van der Waals surface area contributed by atoms with Crippen LogP contribution in [0.1, 0.15) is 36.8 Å². The second kappa shape index (κ2) is 11.4. The molecule has 2 atom stereocenters. The molecule has 0 spiro atoms. The average Bonchev–Trinajstić information content (AvgIpc) is 2.75. The number of rotatable bonds is 11. The fraction of sp³-hybridized carbons (Fsp3) is 0.318. The summed E-state index contributed by atoms with van der Waals surface area (Å²) in [5.74, 6) is -3.39. The highest BCUT2D eigenvalue weighted by Gasteiger charge is 2.33. The third kappa shape index (κ3) is 7.22. The van der Waals surface area contributed by atoms with Crippen molar-refractivity contribution < 1.29 is 29.2 Å². The van der Waals surface area contributed by atoms with Crippen molar-refractivity contribution in [3.8, 4) is 0 Å². The third-order valence-electron chi connectivity index (χ3n) is 4.69. The number of aliphatic carboxylic acids is 1. The molecule has 9 nitrogen and oxygen atoms in total. The summed E-state index contributed by atoms with van der Waals surface area (Å²) < 4.78 is 4.94. The van der Waals surface area contributed by atoms with Crippen LogP contribution in [0.25, 0.3) is 0 Å². The molecule has 0 saturated heterocycles. The van der Waals surface area contributed by atoms with Crippen molar-refractivity contribution in [1.29, 1.82) is 0 Å². The number of carboxylic acid groups (broad SMARTS) is 1. The number of hydrogen-bond donors (Lipinski definition) is 2. The van der Waals surface area contributed by atoms with Crippen LogP contribution >= 0.6 is 0 Å². The van der Waals surface area contributed by atoms with E-state index in [0.717, 1.165) is 5.56 Å². The molecule has 0 aliphatic rings. The van der Waals surface area contributed by atoms with Gasteiger partial charge >= 0.3 is 11.9 Å². The molecule has 1 amide bonds. The van der Waals surface area contributed by atoms with Crippen molar-refractivity contribution in [1.82, 2.24) is 5.32 Å². The molecule has 164 valence electrons. The van der Waals surface area contributed by atoms with Gasteiger partial charge in [-0.25, -0.2) is 4.79 Å². The van der Waals surface area contributed by atoms with Gasteiger partial charge in [-0.1, -0.05) is 42.5 Å². The topological polar surface area (TPSA) is 136 Å². The van der Waals surface area contributed by atoms with E-state index in [1.165, 1.54) is 24.3 Å². The molecule has 2 rings (SSSR count). The SMILES string of the molecule is CCOC(=O)C[C@H](c1ccc([N+](=O)[O-])cc1)[C@H](NC(=O)CCc1ccccc1)C(=O)O. The molecule has 0 fully saturated rings. The van der Waals surface area contributed by atoms with Crippen molar-refractivity contribution in [3.05, 3.63) is 75.8 Å². The fourth-order valence-corrected chi connectivity index (χ4v) is 3.15. The molecule has 9 heteroatoms. The Balaban J connectivity index is 2.21. The number of ether oxygens (including phenoxy) is 1. The van der Waals surface area contributed by atoms with Gasteiger partial charge in [-0.15, -0.1) is 0 Å². The van der Waals surface area contributed by atoms with E-state index in [0.29, 0.717) is 12.0 Å². The molecule has 31 heavy (non-hydrogen) atoms. The number of carboxylic acids is 1. The first-order valence-electron chi connectivity index (χ1n) is 9.77. The minimum absolute atomic E-state index is 0.0696. The van der Waals surface area contributed by atoms with Crippen LogP contribution in [-0.4, -0.2) is 40.5 Å². The molecule has 0 bridgehead atoms. The summed E-state index contributed by atoms with van der Waals surface area (Å²) in [5.41, 5.74) is 1.13. The number of aryl methyl sites for hydroxylation is 1. The van der Waals surface area contributed by atoms with Gasteiger partial charge in [0.05, 0.1) is 18.0 Å². The number of nitrogens with one attached hydrogen (secondary N) is 1.